The van der Waals surface area contributed by atoms with Crippen molar-refractivity contribution < 1.29 is 24.1 Å². The Morgan fingerprint density at radius 2 is 1.85 bits per heavy atom. The quantitative estimate of drug-likeness (QED) is 0.428. The third-order valence-electron chi connectivity index (χ3n) is 2.43. The van der Waals surface area contributed by atoms with Crippen LogP contribution in [0.3, 0.4) is 0 Å². The van der Waals surface area contributed by atoms with Crippen molar-refractivity contribution in [2.24, 2.45) is 0 Å². The van der Waals surface area contributed by atoms with Crippen LogP contribution in [0.1, 0.15) is 20.3 Å². The first-order chi connectivity index (χ1) is 9.69. The smallest absolute Gasteiger partial charge is 0.338 e. The minimum absolute atomic E-state index is 0.0194. The molecule has 5 nitrogen and oxygen atoms in total. The van der Waals surface area contributed by atoms with E-state index in [1.54, 1.807) is 31.2 Å². The van der Waals surface area contributed by atoms with Crippen LogP contribution in [-0.2, 0) is 14.3 Å². The van der Waals surface area contributed by atoms with E-state index in [2.05, 4.69) is 0 Å². The van der Waals surface area contributed by atoms with Gasteiger partial charge in [0.15, 0.2) is 0 Å². The summed E-state index contributed by atoms with van der Waals surface area (Å²) in [5, 5.41) is 9.27. The zero-order valence-corrected chi connectivity index (χ0v) is 11.8. The molecule has 1 aromatic carbocycles. The molecule has 0 spiro atoms. The Morgan fingerprint density at radius 1 is 1.15 bits per heavy atom. The molecule has 5 heteroatoms. The van der Waals surface area contributed by atoms with E-state index in [9.17, 15) is 9.90 Å². The first-order valence-electron chi connectivity index (χ1n) is 6.58. The first-order valence-corrected chi connectivity index (χ1v) is 6.58. The second-order valence-corrected chi connectivity index (χ2v) is 3.87. The monoisotopic (exact) mass is 280 g/mol. The van der Waals surface area contributed by atoms with Crippen molar-refractivity contribution in [1.82, 2.24) is 0 Å². The maximum absolute atomic E-state index is 11.3. The van der Waals surface area contributed by atoms with Gasteiger partial charge >= 0.3 is 5.97 Å². The fourth-order valence-corrected chi connectivity index (χ4v) is 1.52. The summed E-state index contributed by atoms with van der Waals surface area (Å²) in [6.07, 6.45) is 0.228. The van der Waals surface area contributed by atoms with E-state index in [0.29, 0.717) is 25.6 Å². The van der Waals surface area contributed by atoms with Crippen LogP contribution < -0.4 is 4.74 Å². The minimum atomic E-state index is -1.07. The van der Waals surface area contributed by atoms with Crippen molar-refractivity contribution in [2.75, 3.05) is 19.8 Å². The van der Waals surface area contributed by atoms with E-state index >= 15 is 0 Å². The van der Waals surface area contributed by atoms with Crippen LogP contribution in [0.2, 0.25) is 0 Å². The van der Waals surface area contributed by atoms with Gasteiger partial charge in [-0.2, -0.15) is 0 Å². The fraction of sp³-hybridized carbons (Fsp3) is 0.400. The Bertz CT molecular complexity index is 439. The zero-order valence-electron chi connectivity index (χ0n) is 11.8. The van der Waals surface area contributed by atoms with Gasteiger partial charge in [-0.15, -0.1) is 0 Å². The van der Waals surface area contributed by atoms with Crippen LogP contribution in [0.4, 0.5) is 0 Å². The average molecular weight is 280 g/mol. The largest absolute Gasteiger partial charge is 0.478 e. The SMILES string of the molecule is CCOCCC(C(=O)O)=C(OCC)Oc1ccccc1. The van der Waals surface area contributed by atoms with Crippen LogP contribution in [-0.4, -0.2) is 30.9 Å². The summed E-state index contributed by atoms with van der Waals surface area (Å²) >= 11 is 0. The van der Waals surface area contributed by atoms with E-state index in [4.69, 9.17) is 14.2 Å². The maximum Gasteiger partial charge on any atom is 0.338 e. The summed E-state index contributed by atoms with van der Waals surface area (Å²) in [5.74, 6) is -0.513. The number of carboxylic acid groups (broad SMARTS) is 1. The number of aliphatic carboxylic acids is 1. The second-order valence-electron chi connectivity index (χ2n) is 3.87. The van der Waals surface area contributed by atoms with Crippen molar-refractivity contribution in [3.05, 3.63) is 41.9 Å². The van der Waals surface area contributed by atoms with Gasteiger partial charge in [-0.3, -0.25) is 0 Å². The molecule has 0 saturated heterocycles. The highest BCUT2D eigenvalue weighted by atomic mass is 16.7. The zero-order chi connectivity index (χ0) is 14.8. The molecule has 20 heavy (non-hydrogen) atoms. The van der Waals surface area contributed by atoms with Crippen LogP contribution in [0, 0.1) is 0 Å². The van der Waals surface area contributed by atoms with Gasteiger partial charge in [0.25, 0.3) is 5.95 Å². The third-order valence-corrected chi connectivity index (χ3v) is 2.43. The molecule has 0 atom stereocenters. The Morgan fingerprint density at radius 3 is 2.40 bits per heavy atom. The molecule has 0 fully saturated rings. The van der Waals surface area contributed by atoms with Crippen molar-refractivity contribution in [3.63, 3.8) is 0 Å². The van der Waals surface area contributed by atoms with Crippen molar-refractivity contribution in [2.45, 2.75) is 20.3 Å². The highest BCUT2D eigenvalue weighted by molar-refractivity contribution is 5.86. The summed E-state index contributed by atoms with van der Waals surface area (Å²) < 4.78 is 16.0. The molecule has 0 aromatic heterocycles. The minimum Gasteiger partial charge on any atom is -0.478 e. The number of hydrogen-bond acceptors (Lipinski definition) is 4. The molecule has 0 aliphatic carbocycles. The standard InChI is InChI=1S/C15H20O5/c1-3-18-11-10-13(14(16)17)15(19-4-2)20-12-8-6-5-7-9-12/h5-9H,3-4,10-11H2,1-2H3,(H,16,17). The molecular formula is C15H20O5. The van der Waals surface area contributed by atoms with Crippen LogP contribution in [0.15, 0.2) is 41.9 Å². The average Bonchev–Trinajstić information content (AvgIpc) is 2.44. The lowest BCUT2D eigenvalue weighted by atomic mass is 10.2. The fourth-order valence-electron chi connectivity index (χ4n) is 1.52. The number of para-hydroxylation sites is 1. The second kappa shape index (κ2) is 8.98. The predicted molar refractivity (Wildman–Crippen MR) is 74.5 cm³/mol. The summed E-state index contributed by atoms with van der Waals surface area (Å²) in [6, 6.07) is 8.94. The molecule has 0 aliphatic rings. The summed E-state index contributed by atoms with van der Waals surface area (Å²) in [6.45, 7) is 4.81. The molecule has 110 valence electrons. The molecule has 0 saturated carbocycles. The molecule has 0 amide bonds. The van der Waals surface area contributed by atoms with Gasteiger partial charge in [0.2, 0.25) is 0 Å². The number of rotatable bonds is 9. The Hall–Kier alpha value is -2.01. The normalized spacial score (nSPS) is 11.7. The van der Waals surface area contributed by atoms with E-state index < -0.39 is 5.97 Å². The molecule has 1 aromatic rings. The summed E-state index contributed by atoms with van der Waals surface area (Å²) in [5.41, 5.74) is 0.0733. The number of carboxylic acids is 1. The number of hydrogen-bond donors (Lipinski definition) is 1. The summed E-state index contributed by atoms with van der Waals surface area (Å²) in [4.78, 5) is 11.3. The number of carbonyl (C=O) groups is 1. The maximum atomic E-state index is 11.3. The highest BCUT2D eigenvalue weighted by Crippen LogP contribution is 2.18. The van der Waals surface area contributed by atoms with Gasteiger partial charge in [0, 0.05) is 13.0 Å². The van der Waals surface area contributed by atoms with Gasteiger partial charge in [0.05, 0.1) is 13.2 Å². The lowest BCUT2D eigenvalue weighted by Crippen LogP contribution is -2.13. The molecule has 0 aliphatic heterocycles. The van der Waals surface area contributed by atoms with Crippen molar-refractivity contribution in [1.29, 1.82) is 0 Å². The number of ether oxygens (including phenoxy) is 3. The van der Waals surface area contributed by atoms with Gasteiger partial charge in [-0.05, 0) is 26.0 Å². The highest BCUT2D eigenvalue weighted by Gasteiger charge is 2.18. The van der Waals surface area contributed by atoms with Gasteiger partial charge in [-0.25, -0.2) is 4.79 Å². The molecule has 1 N–H and O–H groups in total. The number of benzene rings is 1. The molecule has 0 bridgehead atoms. The topological polar surface area (TPSA) is 65.0 Å². The molecule has 1 rings (SSSR count). The van der Waals surface area contributed by atoms with Gasteiger partial charge in [0.1, 0.15) is 11.3 Å². The van der Waals surface area contributed by atoms with Crippen LogP contribution >= 0.6 is 0 Å². The summed E-state index contributed by atoms with van der Waals surface area (Å²) in [7, 11) is 0. The molecule has 0 radical (unpaired) electrons. The third kappa shape index (κ3) is 5.32. The van der Waals surface area contributed by atoms with Crippen molar-refractivity contribution >= 4 is 5.97 Å². The van der Waals surface area contributed by atoms with Crippen molar-refractivity contribution in [3.8, 4) is 5.75 Å². The van der Waals surface area contributed by atoms with E-state index in [-0.39, 0.29) is 17.9 Å². The first kappa shape index (κ1) is 16.0. The molecule has 0 heterocycles. The molecule has 0 unspecified atom stereocenters. The van der Waals surface area contributed by atoms with E-state index in [1.165, 1.54) is 0 Å². The van der Waals surface area contributed by atoms with Crippen LogP contribution in [0.5, 0.6) is 5.75 Å². The Labute approximate surface area is 118 Å². The Kier molecular flexibility index (Phi) is 7.21. The predicted octanol–water partition coefficient (Wildman–Crippen LogP) is 2.82. The lowest BCUT2D eigenvalue weighted by Gasteiger charge is -2.13. The van der Waals surface area contributed by atoms with Gasteiger partial charge < -0.3 is 19.3 Å². The lowest BCUT2D eigenvalue weighted by molar-refractivity contribution is -0.133. The molecular weight excluding hydrogens is 260 g/mol. The van der Waals surface area contributed by atoms with E-state index in [1.807, 2.05) is 13.0 Å². The van der Waals surface area contributed by atoms with Crippen LogP contribution in [0.25, 0.3) is 0 Å². The Balaban J connectivity index is 2.91. The van der Waals surface area contributed by atoms with E-state index in [0.717, 1.165) is 0 Å². The van der Waals surface area contributed by atoms with Gasteiger partial charge in [-0.1, -0.05) is 18.2 Å².